The van der Waals surface area contributed by atoms with Crippen LogP contribution in [0.2, 0.25) is 0 Å². The van der Waals surface area contributed by atoms with Crippen LogP contribution in [0.3, 0.4) is 0 Å². The van der Waals surface area contributed by atoms with Crippen molar-refractivity contribution in [3.05, 3.63) is 23.4 Å². The third-order valence-corrected chi connectivity index (χ3v) is 7.53. The van der Waals surface area contributed by atoms with Crippen molar-refractivity contribution in [2.75, 3.05) is 26.1 Å². The highest BCUT2D eigenvalue weighted by atomic mass is 32.2. The van der Waals surface area contributed by atoms with Gasteiger partial charge in [-0.25, -0.2) is 22.9 Å². The number of sulfonamides is 1. The molecule has 0 aromatic carbocycles. The summed E-state index contributed by atoms with van der Waals surface area (Å²) in [5.74, 6) is -0.547. The lowest BCUT2D eigenvalue weighted by molar-refractivity contribution is -0.139. The second-order valence-electron chi connectivity index (χ2n) is 9.41. The van der Waals surface area contributed by atoms with Crippen molar-refractivity contribution in [1.29, 1.82) is 0 Å². The van der Waals surface area contributed by atoms with Gasteiger partial charge in [-0.1, -0.05) is 0 Å². The van der Waals surface area contributed by atoms with E-state index in [1.54, 1.807) is 6.92 Å². The minimum atomic E-state index is -4.64. The van der Waals surface area contributed by atoms with Crippen LogP contribution < -0.4 is 9.46 Å². The maximum Gasteiger partial charge on any atom is 0.421 e. The van der Waals surface area contributed by atoms with E-state index in [0.29, 0.717) is 37.8 Å². The molecule has 4 aliphatic rings. The molecule has 5 rings (SSSR count). The lowest BCUT2D eigenvalue weighted by Crippen LogP contribution is -2.50. The third kappa shape index (κ3) is 6.18. The number of carbonyl (C=O) groups excluding carboxylic acids is 1. The molecule has 4 heterocycles. The fourth-order valence-electron chi connectivity index (χ4n) is 5.18. The first-order valence-corrected chi connectivity index (χ1v) is 13.6. The summed E-state index contributed by atoms with van der Waals surface area (Å²) in [6, 6.07) is 0.925. The van der Waals surface area contributed by atoms with Gasteiger partial charge in [0.15, 0.2) is 0 Å². The second-order valence-corrected chi connectivity index (χ2v) is 11.2. The quantitative estimate of drug-likeness (QED) is 0.638. The van der Waals surface area contributed by atoms with Gasteiger partial charge in [0.2, 0.25) is 15.9 Å². The van der Waals surface area contributed by atoms with Crippen LogP contribution >= 0.6 is 0 Å². The summed E-state index contributed by atoms with van der Waals surface area (Å²) in [5, 5.41) is 0. The lowest BCUT2D eigenvalue weighted by atomic mass is 9.85. The number of aromatic nitrogens is 1. The number of alkyl halides is 3. The molecule has 0 spiro atoms. The number of pyridine rings is 1. The van der Waals surface area contributed by atoms with E-state index in [-0.39, 0.29) is 37.9 Å². The number of ether oxygens (including phenoxy) is 3. The molecule has 13 heteroatoms. The topological polar surface area (TPSA) is 107 Å². The average molecular weight is 522 g/mol. The van der Waals surface area contributed by atoms with E-state index in [1.165, 1.54) is 11.0 Å². The Morgan fingerprint density at radius 1 is 1.11 bits per heavy atom. The van der Waals surface area contributed by atoms with Crippen molar-refractivity contribution in [2.24, 2.45) is 0 Å². The Hall–Kier alpha value is -2.12. The molecular formula is C22H30F3N3O6S. The van der Waals surface area contributed by atoms with Crippen LogP contribution in [0.15, 0.2) is 12.1 Å². The van der Waals surface area contributed by atoms with Gasteiger partial charge in [0.05, 0.1) is 25.0 Å². The van der Waals surface area contributed by atoms with Gasteiger partial charge in [-0.05, 0) is 51.2 Å². The van der Waals surface area contributed by atoms with E-state index in [9.17, 15) is 26.4 Å². The number of hydrogen-bond donors (Lipinski definition) is 1. The van der Waals surface area contributed by atoms with Crippen molar-refractivity contribution in [1.82, 2.24) is 14.6 Å². The van der Waals surface area contributed by atoms with Gasteiger partial charge in [-0.2, -0.15) is 13.2 Å². The maximum atomic E-state index is 13.5. The molecule has 3 atom stereocenters. The standard InChI is InChI=1S/C22H30F3N3O6S/c1-13-11-18(27-35(2,30)31)19-12-34-15-5-3-14(4-6-15)17-8-7-16(22(23,24)25)20(26-17)32-9-10-33-21(29)28(13)19/h7-8,13-15,18-19,27H,3-6,9-12H2,1-2H3/t13-,14?,15?,18+,19?/m1/s1. The highest BCUT2D eigenvalue weighted by Gasteiger charge is 2.44. The van der Waals surface area contributed by atoms with Gasteiger partial charge in [0, 0.05) is 23.7 Å². The Bertz CT molecular complexity index is 1030. The molecule has 1 aromatic heterocycles. The van der Waals surface area contributed by atoms with Crippen molar-refractivity contribution >= 4 is 16.1 Å². The van der Waals surface area contributed by atoms with Crippen LogP contribution in [0.25, 0.3) is 0 Å². The lowest BCUT2D eigenvalue weighted by Gasteiger charge is -2.33. The molecule has 1 aromatic rings. The molecule has 4 bridgehead atoms. The monoisotopic (exact) mass is 521 g/mol. The smallest absolute Gasteiger partial charge is 0.421 e. The first kappa shape index (κ1) is 26.0. The van der Waals surface area contributed by atoms with Gasteiger partial charge in [-0.15, -0.1) is 0 Å². The van der Waals surface area contributed by atoms with Crippen LogP contribution in [0.4, 0.5) is 18.0 Å². The number of rotatable bonds is 2. The number of carbonyl (C=O) groups is 1. The molecule has 3 aliphatic heterocycles. The number of fused-ring (bicyclic) bond motifs is 7. The molecule has 1 unspecified atom stereocenters. The van der Waals surface area contributed by atoms with E-state index in [4.69, 9.17) is 14.2 Å². The van der Waals surface area contributed by atoms with Gasteiger partial charge in [-0.3, -0.25) is 4.90 Å². The number of amides is 1. The molecule has 1 amide bonds. The number of nitrogens with one attached hydrogen (secondary N) is 1. The van der Waals surface area contributed by atoms with Crippen LogP contribution in [0.1, 0.15) is 56.2 Å². The Morgan fingerprint density at radius 3 is 2.46 bits per heavy atom. The van der Waals surface area contributed by atoms with Crippen LogP contribution in [0.5, 0.6) is 5.88 Å². The van der Waals surface area contributed by atoms with E-state index in [0.717, 1.165) is 12.3 Å². The molecule has 1 N–H and O–H groups in total. The summed E-state index contributed by atoms with van der Waals surface area (Å²) >= 11 is 0. The number of halogens is 3. The van der Waals surface area contributed by atoms with Crippen LogP contribution in [-0.4, -0.2) is 74.7 Å². The van der Waals surface area contributed by atoms with Crippen molar-refractivity contribution in [3.63, 3.8) is 0 Å². The van der Waals surface area contributed by atoms with Crippen molar-refractivity contribution in [2.45, 2.75) is 75.4 Å². The summed E-state index contributed by atoms with van der Waals surface area (Å²) in [7, 11) is -3.53. The number of hydrogen-bond acceptors (Lipinski definition) is 7. The zero-order chi connectivity index (χ0) is 25.4. The van der Waals surface area contributed by atoms with E-state index in [1.807, 2.05) is 0 Å². The van der Waals surface area contributed by atoms with Crippen LogP contribution in [-0.2, 0) is 25.7 Å². The Kier molecular flexibility index (Phi) is 7.49. The van der Waals surface area contributed by atoms with Crippen LogP contribution in [0, 0.1) is 0 Å². The molecule has 1 saturated heterocycles. The zero-order valence-corrected chi connectivity index (χ0v) is 20.4. The summed E-state index contributed by atoms with van der Waals surface area (Å²) in [5.41, 5.74) is -0.447. The minimum absolute atomic E-state index is 0.0205. The van der Waals surface area contributed by atoms with Gasteiger partial charge >= 0.3 is 12.3 Å². The van der Waals surface area contributed by atoms with Gasteiger partial charge in [0.1, 0.15) is 18.8 Å². The van der Waals surface area contributed by atoms with E-state index < -0.39 is 45.8 Å². The molecule has 1 aliphatic carbocycles. The Balaban J connectivity index is 1.58. The molecule has 1 saturated carbocycles. The zero-order valence-electron chi connectivity index (χ0n) is 19.6. The summed E-state index contributed by atoms with van der Waals surface area (Å²) < 4.78 is 83.6. The average Bonchev–Trinajstić information content (AvgIpc) is 3.07. The molecule has 35 heavy (non-hydrogen) atoms. The largest absolute Gasteiger partial charge is 0.474 e. The van der Waals surface area contributed by atoms with E-state index >= 15 is 0 Å². The Morgan fingerprint density at radius 2 is 1.80 bits per heavy atom. The second kappa shape index (κ2) is 10.1. The van der Waals surface area contributed by atoms with Gasteiger partial charge < -0.3 is 14.2 Å². The first-order valence-electron chi connectivity index (χ1n) is 11.7. The fraction of sp³-hybridized carbons (Fsp3) is 0.727. The highest BCUT2D eigenvalue weighted by Crippen LogP contribution is 2.39. The first-order chi connectivity index (χ1) is 16.4. The predicted molar refractivity (Wildman–Crippen MR) is 119 cm³/mol. The molecule has 9 nitrogen and oxygen atoms in total. The van der Waals surface area contributed by atoms with Gasteiger partial charge in [0.25, 0.3) is 0 Å². The fourth-order valence-corrected chi connectivity index (χ4v) is 5.99. The number of nitrogens with zero attached hydrogens (tertiary/aromatic N) is 2. The molecule has 196 valence electrons. The maximum absolute atomic E-state index is 13.5. The highest BCUT2D eigenvalue weighted by molar-refractivity contribution is 7.88. The summed E-state index contributed by atoms with van der Waals surface area (Å²) in [6.07, 6.45) is -1.32. The van der Waals surface area contributed by atoms with E-state index in [2.05, 4.69) is 9.71 Å². The molecule has 0 radical (unpaired) electrons. The van der Waals surface area contributed by atoms with Crippen molar-refractivity contribution < 1.29 is 40.6 Å². The third-order valence-electron chi connectivity index (χ3n) is 6.80. The predicted octanol–water partition coefficient (Wildman–Crippen LogP) is 3.05. The molecular weight excluding hydrogens is 491 g/mol. The summed E-state index contributed by atoms with van der Waals surface area (Å²) in [4.78, 5) is 18.5. The molecule has 2 fully saturated rings. The SMILES string of the molecule is C[C@@H]1C[C@H](NS(C)(=O)=O)C2COC3CCC(CC3)c3ccc(C(F)(F)F)c(n3)OCCOC(=O)N21. The van der Waals surface area contributed by atoms with Crippen molar-refractivity contribution in [3.8, 4) is 5.88 Å². The minimum Gasteiger partial charge on any atom is -0.474 e. The Labute approximate surface area is 202 Å². The summed E-state index contributed by atoms with van der Waals surface area (Å²) in [6.45, 7) is 1.31. The normalized spacial score (nSPS) is 30.5.